The SMILES string of the molecule is Cc1ccc2nc(C)c(C(=O)NC[C@@H](O)CN3CCC(Oc4ccc(Cl)c(Cl)c4)CC3)n2c1. The Morgan fingerprint density at radius 1 is 1.21 bits per heavy atom. The molecule has 1 aliphatic rings. The number of rotatable bonds is 7. The summed E-state index contributed by atoms with van der Waals surface area (Å²) in [7, 11) is 0. The predicted octanol–water partition coefficient (Wildman–Crippen LogP) is 3.89. The minimum atomic E-state index is -0.664. The summed E-state index contributed by atoms with van der Waals surface area (Å²) in [6.45, 7) is 6.07. The van der Waals surface area contributed by atoms with Gasteiger partial charge in [-0.2, -0.15) is 0 Å². The van der Waals surface area contributed by atoms with Gasteiger partial charge in [-0.15, -0.1) is 0 Å². The number of pyridine rings is 1. The van der Waals surface area contributed by atoms with Crippen LogP contribution in [0.25, 0.3) is 5.65 Å². The maximum atomic E-state index is 12.8. The standard InChI is InChI=1S/C24H28Cl2N4O3/c1-15-3-6-22-28-16(2)23(30(22)13-15)24(32)27-12-17(31)14-29-9-7-18(8-10-29)33-19-4-5-20(25)21(26)11-19/h3-6,11,13,17-18,31H,7-10,12,14H2,1-2H3,(H,27,32)/t17-/m1/s1. The molecule has 3 heterocycles. The fourth-order valence-electron chi connectivity index (χ4n) is 4.15. The lowest BCUT2D eigenvalue weighted by molar-refractivity contribution is 0.0593. The van der Waals surface area contributed by atoms with E-state index in [0.29, 0.717) is 33.7 Å². The molecule has 33 heavy (non-hydrogen) atoms. The molecule has 2 aromatic heterocycles. The van der Waals surface area contributed by atoms with Crippen LogP contribution in [0.4, 0.5) is 0 Å². The first-order valence-electron chi connectivity index (χ1n) is 11.1. The number of aromatic nitrogens is 2. The Morgan fingerprint density at radius 3 is 2.70 bits per heavy atom. The van der Waals surface area contributed by atoms with E-state index in [0.717, 1.165) is 37.1 Å². The lowest BCUT2D eigenvalue weighted by Gasteiger charge is -2.33. The number of carbonyl (C=O) groups is 1. The second-order valence-corrected chi connectivity index (χ2v) is 9.35. The number of likely N-dealkylation sites (tertiary alicyclic amines) is 1. The predicted molar refractivity (Wildman–Crippen MR) is 130 cm³/mol. The minimum Gasteiger partial charge on any atom is -0.490 e. The molecule has 1 atom stereocenters. The second kappa shape index (κ2) is 10.3. The first-order chi connectivity index (χ1) is 15.8. The summed E-state index contributed by atoms with van der Waals surface area (Å²) in [5.74, 6) is 0.474. The normalized spacial score (nSPS) is 16.2. The Balaban J connectivity index is 1.24. The molecule has 176 valence electrons. The van der Waals surface area contributed by atoms with E-state index in [9.17, 15) is 9.90 Å². The van der Waals surface area contributed by atoms with Gasteiger partial charge in [0.2, 0.25) is 0 Å². The maximum absolute atomic E-state index is 12.8. The van der Waals surface area contributed by atoms with Crippen molar-refractivity contribution in [2.24, 2.45) is 0 Å². The summed E-state index contributed by atoms with van der Waals surface area (Å²) in [4.78, 5) is 19.4. The monoisotopic (exact) mass is 490 g/mol. The number of piperidine rings is 1. The van der Waals surface area contributed by atoms with E-state index in [1.807, 2.05) is 38.2 Å². The average Bonchev–Trinajstić information content (AvgIpc) is 3.11. The average molecular weight is 491 g/mol. The number of aryl methyl sites for hydroxylation is 2. The number of nitrogens with zero attached hydrogens (tertiary/aromatic N) is 3. The number of β-amino-alcohol motifs (C(OH)–C–C–N with tert-alkyl or cyclic N) is 1. The van der Waals surface area contributed by atoms with Gasteiger partial charge in [-0.05, 0) is 50.5 Å². The summed E-state index contributed by atoms with van der Waals surface area (Å²) in [6, 6.07) is 9.14. The number of hydrogen-bond acceptors (Lipinski definition) is 5. The van der Waals surface area contributed by atoms with Gasteiger partial charge in [-0.1, -0.05) is 29.3 Å². The van der Waals surface area contributed by atoms with E-state index in [1.165, 1.54) is 0 Å². The second-order valence-electron chi connectivity index (χ2n) is 8.54. The maximum Gasteiger partial charge on any atom is 0.270 e. The number of hydrogen-bond donors (Lipinski definition) is 2. The Morgan fingerprint density at radius 2 is 1.97 bits per heavy atom. The van der Waals surface area contributed by atoms with Crippen LogP contribution in [0.1, 0.15) is 34.6 Å². The van der Waals surface area contributed by atoms with Crippen molar-refractivity contribution in [1.82, 2.24) is 19.6 Å². The Kier molecular flexibility index (Phi) is 7.44. The zero-order valence-corrected chi connectivity index (χ0v) is 20.2. The highest BCUT2D eigenvalue weighted by molar-refractivity contribution is 6.42. The van der Waals surface area contributed by atoms with E-state index in [2.05, 4.69) is 15.2 Å². The van der Waals surface area contributed by atoms with Gasteiger partial charge >= 0.3 is 0 Å². The molecule has 0 spiro atoms. The molecule has 4 rings (SSSR count). The van der Waals surface area contributed by atoms with Gasteiger partial charge in [0.1, 0.15) is 23.2 Å². The number of benzene rings is 1. The fraction of sp³-hybridized carbons (Fsp3) is 0.417. The van der Waals surface area contributed by atoms with Crippen molar-refractivity contribution >= 4 is 34.8 Å². The first kappa shape index (κ1) is 23.8. The molecular weight excluding hydrogens is 463 g/mol. The van der Waals surface area contributed by atoms with Crippen LogP contribution < -0.4 is 10.1 Å². The molecule has 0 bridgehead atoms. The molecule has 1 fully saturated rings. The summed E-state index contributed by atoms with van der Waals surface area (Å²) in [6.07, 6.45) is 3.02. The van der Waals surface area contributed by atoms with E-state index < -0.39 is 6.10 Å². The van der Waals surface area contributed by atoms with Gasteiger partial charge < -0.3 is 20.1 Å². The van der Waals surface area contributed by atoms with E-state index >= 15 is 0 Å². The van der Waals surface area contributed by atoms with Crippen molar-refractivity contribution in [3.05, 3.63) is 63.5 Å². The number of carbonyl (C=O) groups excluding carboxylic acids is 1. The summed E-state index contributed by atoms with van der Waals surface area (Å²) in [5.41, 5.74) is 2.94. The number of halogens is 2. The van der Waals surface area contributed by atoms with Gasteiger partial charge in [0.25, 0.3) is 5.91 Å². The topological polar surface area (TPSA) is 79.1 Å². The lowest BCUT2D eigenvalue weighted by atomic mass is 10.1. The van der Waals surface area contributed by atoms with Gasteiger partial charge in [0.05, 0.1) is 21.8 Å². The Hall–Kier alpha value is -2.32. The molecule has 1 aliphatic heterocycles. The largest absolute Gasteiger partial charge is 0.490 e. The quantitative estimate of drug-likeness (QED) is 0.525. The molecule has 1 amide bonds. The summed E-state index contributed by atoms with van der Waals surface area (Å²) < 4.78 is 7.82. The number of nitrogens with one attached hydrogen (secondary N) is 1. The lowest BCUT2D eigenvalue weighted by Crippen LogP contribution is -2.45. The number of amides is 1. The van der Waals surface area contributed by atoms with E-state index in [4.69, 9.17) is 27.9 Å². The van der Waals surface area contributed by atoms with Crippen molar-refractivity contribution in [2.75, 3.05) is 26.2 Å². The summed E-state index contributed by atoms with van der Waals surface area (Å²) in [5, 5.41) is 14.3. The highest BCUT2D eigenvalue weighted by Gasteiger charge is 2.23. The number of aliphatic hydroxyl groups excluding tert-OH is 1. The van der Waals surface area contributed by atoms with Crippen LogP contribution in [0.15, 0.2) is 36.5 Å². The molecule has 0 radical (unpaired) electrons. The zero-order valence-electron chi connectivity index (χ0n) is 18.7. The minimum absolute atomic E-state index is 0.0944. The smallest absolute Gasteiger partial charge is 0.270 e. The molecule has 3 aromatic rings. The van der Waals surface area contributed by atoms with Crippen molar-refractivity contribution in [2.45, 2.75) is 38.9 Å². The number of aliphatic hydroxyl groups is 1. The van der Waals surface area contributed by atoms with Crippen LogP contribution in [0.3, 0.4) is 0 Å². The third-order valence-corrected chi connectivity index (χ3v) is 6.59. The first-order valence-corrected chi connectivity index (χ1v) is 11.8. The van der Waals surface area contributed by atoms with Gasteiger partial charge in [-0.25, -0.2) is 4.98 Å². The molecule has 1 saturated heterocycles. The molecule has 1 aromatic carbocycles. The fourth-order valence-corrected chi connectivity index (χ4v) is 4.44. The Labute approximate surface area is 203 Å². The third-order valence-electron chi connectivity index (χ3n) is 5.85. The van der Waals surface area contributed by atoms with Crippen LogP contribution in [0.2, 0.25) is 10.0 Å². The van der Waals surface area contributed by atoms with Crippen LogP contribution in [-0.2, 0) is 0 Å². The molecule has 0 saturated carbocycles. The van der Waals surface area contributed by atoms with Crippen LogP contribution >= 0.6 is 23.2 Å². The molecule has 2 N–H and O–H groups in total. The number of fused-ring (bicyclic) bond motifs is 1. The number of ether oxygens (including phenoxy) is 1. The third kappa shape index (κ3) is 5.79. The summed E-state index contributed by atoms with van der Waals surface area (Å²) >= 11 is 12.0. The molecule has 7 nitrogen and oxygen atoms in total. The highest BCUT2D eigenvalue weighted by atomic mass is 35.5. The zero-order chi connectivity index (χ0) is 23.5. The van der Waals surface area contributed by atoms with Gasteiger partial charge in [0.15, 0.2) is 0 Å². The molecular formula is C24H28Cl2N4O3. The van der Waals surface area contributed by atoms with Crippen LogP contribution in [0.5, 0.6) is 5.75 Å². The van der Waals surface area contributed by atoms with E-state index in [1.54, 1.807) is 16.5 Å². The van der Waals surface area contributed by atoms with Crippen molar-refractivity contribution < 1.29 is 14.6 Å². The van der Waals surface area contributed by atoms with Crippen molar-refractivity contribution in [3.8, 4) is 5.75 Å². The van der Waals surface area contributed by atoms with Crippen molar-refractivity contribution in [1.29, 1.82) is 0 Å². The van der Waals surface area contributed by atoms with Crippen LogP contribution in [-0.4, -0.2) is 63.7 Å². The number of imidazole rings is 1. The van der Waals surface area contributed by atoms with Crippen molar-refractivity contribution in [3.63, 3.8) is 0 Å². The molecule has 0 unspecified atom stereocenters. The van der Waals surface area contributed by atoms with Crippen LogP contribution in [0, 0.1) is 13.8 Å². The molecule has 9 heteroatoms. The highest BCUT2D eigenvalue weighted by Crippen LogP contribution is 2.28. The Bertz CT molecular complexity index is 1140. The van der Waals surface area contributed by atoms with Gasteiger partial charge in [-0.3, -0.25) is 9.20 Å². The molecule has 0 aliphatic carbocycles. The van der Waals surface area contributed by atoms with Gasteiger partial charge in [0, 0.05) is 38.4 Å². The van der Waals surface area contributed by atoms with E-state index in [-0.39, 0.29) is 18.6 Å².